The van der Waals surface area contributed by atoms with Gasteiger partial charge in [-0.05, 0) is 19.1 Å². The third-order valence-corrected chi connectivity index (χ3v) is 2.06. The van der Waals surface area contributed by atoms with Crippen molar-refractivity contribution in [3.8, 4) is 0 Å². The fourth-order valence-electron chi connectivity index (χ4n) is 1.18. The van der Waals surface area contributed by atoms with E-state index in [-0.39, 0.29) is 5.78 Å². The summed E-state index contributed by atoms with van der Waals surface area (Å²) in [5, 5.41) is 0.482. The average Bonchev–Trinajstić information content (AvgIpc) is 2.15. The lowest BCUT2D eigenvalue weighted by Gasteiger charge is -2.10. The van der Waals surface area contributed by atoms with Crippen molar-refractivity contribution in [1.29, 1.82) is 0 Å². The number of Topliss-reactive ketones (excluding diaryl/α,β-unsaturated/α-hetero) is 1. The summed E-state index contributed by atoms with van der Waals surface area (Å²) in [4.78, 5) is 22.4. The molecule has 0 amide bonds. The highest BCUT2D eigenvalue weighted by Gasteiger charge is 2.17. The second-order valence-corrected chi connectivity index (χ2v) is 3.56. The number of ether oxygens (including phenoxy) is 1. The van der Waals surface area contributed by atoms with Gasteiger partial charge in [0, 0.05) is 17.5 Å². The molecule has 3 nitrogen and oxygen atoms in total. The first-order chi connectivity index (χ1) is 7.00. The summed E-state index contributed by atoms with van der Waals surface area (Å²) >= 11 is 5.74. The van der Waals surface area contributed by atoms with Gasteiger partial charge >= 0.3 is 5.97 Å². The van der Waals surface area contributed by atoms with Crippen LogP contribution in [0, 0.1) is 0 Å². The molecule has 4 heteroatoms. The Hall–Kier alpha value is -1.35. The number of ketones is 1. The van der Waals surface area contributed by atoms with Crippen LogP contribution < -0.4 is 0 Å². The molecule has 1 aromatic rings. The molecular formula is C11H11ClO3. The lowest BCUT2D eigenvalue weighted by Crippen LogP contribution is -2.23. The maximum absolute atomic E-state index is 11.7. The van der Waals surface area contributed by atoms with E-state index in [0.717, 1.165) is 0 Å². The molecule has 0 aliphatic rings. The van der Waals surface area contributed by atoms with Gasteiger partial charge in [-0.25, -0.2) is 0 Å². The van der Waals surface area contributed by atoms with Crippen molar-refractivity contribution in [2.75, 3.05) is 0 Å². The Balaban J connectivity index is 2.80. The first-order valence-electron chi connectivity index (χ1n) is 4.47. The Morgan fingerprint density at radius 1 is 1.40 bits per heavy atom. The normalized spacial score (nSPS) is 11.9. The molecule has 1 aromatic carbocycles. The highest BCUT2D eigenvalue weighted by Crippen LogP contribution is 2.13. The predicted molar refractivity (Wildman–Crippen MR) is 57.0 cm³/mol. The second kappa shape index (κ2) is 4.94. The lowest BCUT2D eigenvalue weighted by molar-refractivity contribution is -0.143. The first kappa shape index (κ1) is 11.7. The Morgan fingerprint density at radius 3 is 2.60 bits per heavy atom. The van der Waals surface area contributed by atoms with Crippen LogP contribution in [0.25, 0.3) is 0 Å². The van der Waals surface area contributed by atoms with Gasteiger partial charge in [0.05, 0.1) is 0 Å². The van der Waals surface area contributed by atoms with Crippen molar-refractivity contribution >= 4 is 23.4 Å². The van der Waals surface area contributed by atoms with Crippen molar-refractivity contribution < 1.29 is 14.3 Å². The Labute approximate surface area is 93.0 Å². The van der Waals surface area contributed by atoms with Crippen LogP contribution in [0.4, 0.5) is 0 Å². The van der Waals surface area contributed by atoms with Gasteiger partial charge in [-0.1, -0.05) is 23.7 Å². The average molecular weight is 227 g/mol. The maximum Gasteiger partial charge on any atom is 0.303 e. The molecule has 0 N–H and O–H groups in total. The van der Waals surface area contributed by atoms with E-state index >= 15 is 0 Å². The molecule has 0 bridgehead atoms. The van der Waals surface area contributed by atoms with Crippen molar-refractivity contribution in [2.24, 2.45) is 0 Å². The number of rotatable bonds is 3. The molecule has 15 heavy (non-hydrogen) atoms. The summed E-state index contributed by atoms with van der Waals surface area (Å²) in [6, 6.07) is 6.53. The number of carbonyl (C=O) groups excluding carboxylic acids is 2. The fourth-order valence-corrected chi connectivity index (χ4v) is 1.37. The third-order valence-electron chi connectivity index (χ3n) is 1.82. The van der Waals surface area contributed by atoms with Gasteiger partial charge in [0.2, 0.25) is 5.78 Å². The van der Waals surface area contributed by atoms with Crippen LogP contribution >= 0.6 is 11.6 Å². The van der Waals surface area contributed by atoms with Crippen LogP contribution in [0.3, 0.4) is 0 Å². The molecule has 1 rings (SSSR count). The minimum atomic E-state index is -0.777. The van der Waals surface area contributed by atoms with Gasteiger partial charge in [-0.15, -0.1) is 0 Å². The number of hydrogen-bond donors (Lipinski definition) is 0. The molecule has 0 saturated carbocycles. The van der Waals surface area contributed by atoms with Crippen LogP contribution in [-0.4, -0.2) is 17.9 Å². The van der Waals surface area contributed by atoms with Crippen LogP contribution in [0.2, 0.25) is 5.02 Å². The molecule has 0 aromatic heterocycles. The van der Waals surface area contributed by atoms with Gasteiger partial charge < -0.3 is 4.74 Å². The summed E-state index contributed by atoms with van der Waals surface area (Å²) < 4.78 is 4.77. The summed E-state index contributed by atoms with van der Waals surface area (Å²) in [5.41, 5.74) is 0.441. The Bertz CT molecular complexity index is 387. The summed E-state index contributed by atoms with van der Waals surface area (Å²) in [7, 11) is 0. The van der Waals surface area contributed by atoms with Crippen molar-refractivity contribution in [3.05, 3.63) is 34.9 Å². The Morgan fingerprint density at radius 2 is 2.07 bits per heavy atom. The SMILES string of the molecule is CC(=O)O[C@@H](C)C(=O)c1cccc(Cl)c1. The molecule has 0 spiro atoms. The van der Waals surface area contributed by atoms with E-state index in [2.05, 4.69) is 0 Å². The fraction of sp³-hybridized carbons (Fsp3) is 0.273. The number of esters is 1. The van der Waals surface area contributed by atoms with Gasteiger partial charge in [-0.3, -0.25) is 9.59 Å². The zero-order chi connectivity index (χ0) is 11.4. The molecule has 0 aliphatic carbocycles. The topological polar surface area (TPSA) is 43.4 Å². The van der Waals surface area contributed by atoms with Crippen LogP contribution in [0.5, 0.6) is 0 Å². The molecule has 80 valence electrons. The summed E-state index contributed by atoms with van der Waals surface area (Å²) in [5.74, 6) is -0.731. The van der Waals surface area contributed by atoms with Gasteiger partial charge in [-0.2, -0.15) is 0 Å². The van der Waals surface area contributed by atoms with Crippen molar-refractivity contribution in [1.82, 2.24) is 0 Å². The number of benzene rings is 1. The van der Waals surface area contributed by atoms with Crippen molar-refractivity contribution in [3.63, 3.8) is 0 Å². The predicted octanol–water partition coefficient (Wildman–Crippen LogP) is 2.47. The molecular weight excluding hydrogens is 216 g/mol. The second-order valence-electron chi connectivity index (χ2n) is 3.13. The smallest absolute Gasteiger partial charge is 0.303 e. The van der Waals surface area contributed by atoms with Crippen LogP contribution in [0.15, 0.2) is 24.3 Å². The van der Waals surface area contributed by atoms with E-state index in [1.54, 1.807) is 24.3 Å². The van der Waals surface area contributed by atoms with Gasteiger partial charge in [0.15, 0.2) is 6.10 Å². The maximum atomic E-state index is 11.7. The molecule has 0 unspecified atom stereocenters. The third kappa shape index (κ3) is 3.36. The Kier molecular flexibility index (Phi) is 3.86. The molecule has 0 radical (unpaired) electrons. The van der Waals surface area contributed by atoms with E-state index < -0.39 is 12.1 Å². The molecule has 1 atom stereocenters. The zero-order valence-corrected chi connectivity index (χ0v) is 9.25. The molecule has 0 heterocycles. The number of carbonyl (C=O) groups is 2. The highest BCUT2D eigenvalue weighted by atomic mass is 35.5. The number of hydrogen-bond acceptors (Lipinski definition) is 3. The molecule has 0 saturated heterocycles. The van der Waals surface area contributed by atoms with Gasteiger partial charge in [0.25, 0.3) is 0 Å². The van der Waals surface area contributed by atoms with E-state index in [1.165, 1.54) is 13.8 Å². The monoisotopic (exact) mass is 226 g/mol. The standard InChI is InChI=1S/C11H11ClO3/c1-7(15-8(2)13)11(14)9-4-3-5-10(12)6-9/h3-7H,1-2H3/t7-/m0/s1. The van der Waals surface area contributed by atoms with Crippen molar-refractivity contribution in [2.45, 2.75) is 20.0 Å². The summed E-state index contributed by atoms with van der Waals surface area (Å²) in [6.45, 7) is 2.80. The zero-order valence-electron chi connectivity index (χ0n) is 8.49. The van der Waals surface area contributed by atoms with Crippen LogP contribution in [-0.2, 0) is 9.53 Å². The minimum absolute atomic E-state index is 0.257. The minimum Gasteiger partial charge on any atom is -0.454 e. The largest absolute Gasteiger partial charge is 0.454 e. The van der Waals surface area contributed by atoms with Gasteiger partial charge in [0.1, 0.15) is 0 Å². The number of halogens is 1. The lowest BCUT2D eigenvalue weighted by atomic mass is 10.1. The summed E-state index contributed by atoms with van der Waals surface area (Å²) in [6.07, 6.45) is -0.777. The van der Waals surface area contributed by atoms with E-state index in [4.69, 9.17) is 16.3 Å². The first-order valence-corrected chi connectivity index (χ1v) is 4.85. The quantitative estimate of drug-likeness (QED) is 0.588. The van der Waals surface area contributed by atoms with E-state index in [1.807, 2.05) is 0 Å². The van der Waals surface area contributed by atoms with Crippen LogP contribution in [0.1, 0.15) is 24.2 Å². The van der Waals surface area contributed by atoms with E-state index in [9.17, 15) is 9.59 Å². The molecule has 0 aliphatic heterocycles. The highest BCUT2D eigenvalue weighted by molar-refractivity contribution is 6.31. The van der Waals surface area contributed by atoms with E-state index in [0.29, 0.717) is 10.6 Å². The molecule has 0 fully saturated rings.